The average molecular weight is 363 g/mol. The predicted octanol–water partition coefficient (Wildman–Crippen LogP) is 4.33. The van der Waals surface area contributed by atoms with E-state index < -0.39 is 0 Å². The minimum Gasteiger partial charge on any atom is -0.506 e. The quantitative estimate of drug-likeness (QED) is 0.554. The Balaban J connectivity index is 1.62. The molecule has 2 atom stereocenters. The molecule has 27 heavy (non-hydrogen) atoms. The number of hydrogen-bond donors (Lipinski definition) is 2. The van der Waals surface area contributed by atoms with Crippen LogP contribution in [0.4, 0.5) is 0 Å². The third kappa shape index (κ3) is 2.51. The minimum absolute atomic E-state index is 0.0498. The van der Waals surface area contributed by atoms with Crippen LogP contribution in [0, 0.1) is 6.92 Å². The number of rotatable bonds is 2. The van der Waals surface area contributed by atoms with Gasteiger partial charge in [0.15, 0.2) is 5.65 Å². The highest BCUT2D eigenvalue weighted by molar-refractivity contribution is 5.94. The number of phenols is 1. The van der Waals surface area contributed by atoms with E-state index in [4.69, 9.17) is 4.42 Å². The van der Waals surface area contributed by atoms with E-state index in [0.717, 1.165) is 42.3 Å². The topological polar surface area (TPSA) is 84.3 Å². The largest absolute Gasteiger partial charge is 0.506 e. The molecule has 3 aromatic heterocycles. The summed E-state index contributed by atoms with van der Waals surface area (Å²) < 4.78 is 7.44. The van der Waals surface area contributed by atoms with Crippen LogP contribution in [0.2, 0.25) is 0 Å². The van der Waals surface area contributed by atoms with Crippen molar-refractivity contribution in [3.63, 3.8) is 0 Å². The fourth-order valence-corrected chi connectivity index (χ4v) is 4.30. The van der Waals surface area contributed by atoms with Crippen LogP contribution in [0.15, 0.2) is 41.1 Å². The van der Waals surface area contributed by atoms with Crippen LogP contribution in [0.25, 0.3) is 33.3 Å². The minimum atomic E-state index is -0.342. The zero-order valence-corrected chi connectivity index (χ0v) is 15.1. The highest BCUT2D eigenvalue weighted by Crippen LogP contribution is 2.39. The van der Waals surface area contributed by atoms with E-state index in [2.05, 4.69) is 10.2 Å². The van der Waals surface area contributed by atoms with E-state index in [1.54, 1.807) is 12.3 Å². The van der Waals surface area contributed by atoms with Gasteiger partial charge in [-0.3, -0.25) is 0 Å². The van der Waals surface area contributed by atoms with Gasteiger partial charge in [-0.05, 0) is 49.6 Å². The van der Waals surface area contributed by atoms with Gasteiger partial charge < -0.3 is 19.2 Å². The van der Waals surface area contributed by atoms with Gasteiger partial charge >= 0.3 is 0 Å². The number of fused-ring (bicyclic) bond motifs is 2. The summed E-state index contributed by atoms with van der Waals surface area (Å²) in [5, 5.41) is 31.6. The molecule has 4 aromatic rings. The van der Waals surface area contributed by atoms with Gasteiger partial charge in [-0.15, -0.1) is 10.2 Å². The summed E-state index contributed by atoms with van der Waals surface area (Å²) in [6.07, 6.45) is 7.17. The third-order valence-corrected chi connectivity index (χ3v) is 5.70. The number of furan rings is 1. The van der Waals surface area contributed by atoms with Crippen molar-refractivity contribution in [2.75, 3.05) is 0 Å². The lowest BCUT2D eigenvalue weighted by Gasteiger charge is -2.29. The van der Waals surface area contributed by atoms with Crippen LogP contribution in [-0.4, -0.2) is 31.1 Å². The van der Waals surface area contributed by atoms with Crippen molar-refractivity contribution in [2.45, 2.75) is 44.8 Å². The zero-order valence-electron chi connectivity index (χ0n) is 15.1. The summed E-state index contributed by atoms with van der Waals surface area (Å²) in [5.41, 5.74) is 3.60. The molecule has 1 fully saturated rings. The van der Waals surface area contributed by atoms with Crippen molar-refractivity contribution in [2.24, 2.45) is 0 Å². The molecule has 2 N–H and O–H groups in total. The normalized spacial score (nSPS) is 20.5. The first-order valence-corrected chi connectivity index (χ1v) is 9.36. The Morgan fingerprint density at radius 3 is 2.85 bits per heavy atom. The van der Waals surface area contributed by atoms with Crippen molar-refractivity contribution in [1.82, 2.24) is 14.8 Å². The summed E-state index contributed by atoms with van der Waals surface area (Å²) >= 11 is 0. The molecule has 0 saturated heterocycles. The summed E-state index contributed by atoms with van der Waals surface area (Å²) in [6.45, 7) is 1.92. The monoisotopic (exact) mass is 363 g/mol. The number of aliphatic hydroxyl groups is 1. The molecule has 6 nitrogen and oxygen atoms in total. The first-order chi connectivity index (χ1) is 13.1. The van der Waals surface area contributed by atoms with Crippen molar-refractivity contribution in [3.05, 3.63) is 42.3 Å². The smallest absolute Gasteiger partial charge is 0.162 e. The number of aromatic nitrogens is 3. The van der Waals surface area contributed by atoms with E-state index >= 15 is 0 Å². The maximum atomic E-state index is 10.7. The Labute approximate surface area is 156 Å². The van der Waals surface area contributed by atoms with Crippen molar-refractivity contribution in [1.29, 1.82) is 0 Å². The second-order valence-corrected chi connectivity index (χ2v) is 7.40. The molecule has 0 aliphatic heterocycles. The summed E-state index contributed by atoms with van der Waals surface area (Å²) in [7, 11) is 0. The molecule has 138 valence electrons. The molecule has 1 saturated carbocycles. The number of benzene rings is 1. The number of aryl methyl sites for hydroxylation is 1. The van der Waals surface area contributed by atoms with Crippen LogP contribution in [0.1, 0.15) is 37.3 Å². The molecule has 3 heterocycles. The van der Waals surface area contributed by atoms with Crippen LogP contribution in [0.3, 0.4) is 0 Å². The first-order valence-electron chi connectivity index (χ1n) is 9.36. The van der Waals surface area contributed by atoms with Gasteiger partial charge in [-0.25, -0.2) is 0 Å². The Bertz CT molecular complexity index is 1140. The lowest BCUT2D eigenvalue weighted by atomic mass is 9.92. The number of phenolic OH excluding ortho intramolecular Hbond substituents is 1. The second kappa shape index (κ2) is 6.09. The molecule has 1 aliphatic rings. The molecule has 1 aromatic carbocycles. The van der Waals surface area contributed by atoms with E-state index in [1.165, 1.54) is 0 Å². The van der Waals surface area contributed by atoms with Gasteiger partial charge in [0.1, 0.15) is 11.3 Å². The molecule has 0 bridgehead atoms. The second-order valence-electron chi connectivity index (χ2n) is 7.40. The molecule has 0 amide bonds. The van der Waals surface area contributed by atoms with Gasteiger partial charge in [0, 0.05) is 17.1 Å². The van der Waals surface area contributed by atoms with Gasteiger partial charge in [0.25, 0.3) is 0 Å². The fraction of sp³-hybridized carbons (Fsp3) is 0.333. The van der Waals surface area contributed by atoms with Crippen LogP contribution in [0.5, 0.6) is 5.75 Å². The molecule has 0 radical (unpaired) electrons. The fourth-order valence-electron chi connectivity index (χ4n) is 4.30. The van der Waals surface area contributed by atoms with Gasteiger partial charge in [-0.1, -0.05) is 12.8 Å². The van der Waals surface area contributed by atoms with E-state index in [1.807, 2.05) is 35.9 Å². The molecule has 0 spiro atoms. The van der Waals surface area contributed by atoms with E-state index in [-0.39, 0.29) is 17.9 Å². The molecule has 5 rings (SSSR count). The molecular formula is C21H21N3O3. The molecule has 0 unspecified atom stereocenters. The highest BCUT2D eigenvalue weighted by Gasteiger charge is 2.26. The Hall–Kier alpha value is -2.86. The molecule has 6 heteroatoms. The number of nitrogens with zero attached hydrogens (tertiary/aromatic N) is 3. The van der Waals surface area contributed by atoms with Crippen LogP contribution >= 0.6 is 0 Å². The van der Waals surface area contributed by atoms with Gasteiger partial charge in [0.05, 0.1) is 29.5 Å². The zero-order chi connectivity index (χ0) is 18.5. The maximum absolute atomic E-state index is 10.7. The predicted molar refractivity (Wildman–Crippen MR) is 103 cm³/mol. The standard InChI is InChI=1S/C21H21N3O3/c1-12-10-18-14(7-9-27-18)20(26)19(12)15-11-13-6-8-24(21(13)23-22-15)16-4-2-3-5-17(16)25/h6-11,16-17,25-26H,2-5H2,1H3/t16-,17-/m1/s1. The number of aromatic hydroxyl groups is 1. The highest BCUT2D eigenvalue weighted by atomic mass is 16.3. The van der Waals surface area contributed by atoms with Gasteiger partial charge in [-0.2, -0.15) is 0 Å². The van der Waals surface area contributed by atoms with Crippen molar-refractivity contribution < 1.29 is 14.6 Å². The Kier molecular flexibility index (Phi) is 3.68. The van der Waals surface area contributed by atoms with Crippen LogP contribution in [-0.2, 0) is 0 Å². The maximum Gasteiger partial charge on any atom is 0.162 e. The summed E-state index contributed by atoms with van der Waals surface area (Å²) in [4.78, 5) is 0. The summed E-state index contributed by atoms with van der Waals surface area (Å²) in [5.74, 6) is 0.162. The SMILES string of the molecule is Cc1cc2occc2c(O)c1-c1cc2ccn([C@@H]3CCCC[C@H]3O)c2nn1. The number of aliphatic hydroxyl groups excluding tert-OH is 1. The molecule has 1 aliphatic carbocycles. The summed E-state index contributed by atoms with van der Waals surface area (Å²) in [6, 6.07) is 7.65. The third-order valence-electron chi connectivity index (χ3n) is 5.70. The van der Waals surface area contributed by atoms with Crippen LogP contribution < -0.4 is 0 Å². The lowest BCUT2D eigenvalue weighted by Crippen LogP contribution is -2.27. The number of hydrogen-bond acceptors (Lipinski definition) is 5. The Morgan fingerprint density at radius 2 is 2.00 bits per heavy atom. The van der Waals surface area contributed by atoms with Crippen molar-refractivity contribution in [3.8, 4) is 17.0 Å². The van der Waals surface area contributed by atoms with Crippen molar-refractivity contribution >= 4 is 22.0 Å². The Morgan fingerprint density at radius 1 is 1.15 bits per heavy atom. The van der Waals surface area contributed by atoms with E-state index in [0.29, 0.717) is 22.2 Å². The molecular weight excluding hydrogens is 342 g/mol. The van der Waals surface area contributed by atoms with E-state index in [9.17, 15) is 10.2 Å². The van der Waals surface area contributed by atoms with Gasteiger partial charge in [0.2, 0.25) is 0 Å². The first kappa shape index (κ1) is 16.3. The average Bonchev–Trinajstić information content (AvgIpc) is 3.29. The lowest BCUT2D eigenvalue weighted by molar-refractivity contribution is 0.0773.